The zero-order valence-corrected chi connectivity index (χ0v) is 13.9. The fraction of sp³-hybridized carbons (Fsp3) is 0.588. The summed E-state index contributed by atoms with van der Waals surface area (Å²) in [7, 11) is 0. The lowest BCUT2D eigenvalue weighted by atomic mass is 9.65. The molecule has 1 aliphatic heterocycles. The minimum atomic E-state index is 0.200. The van der Waals surface area contributed by atoms with Crippen molar-refractivity contribution >= 4 is 17.6 Å². The Hall–Kier alpha value is -1.76. The molecule has 2 aliphatic rings. The van der Waals surface area contributed by atoms with E-state index >= 15 is 0 Å². The molecular weight excluding hydrogens is 308 g/mol. The lowest BCUT2D eigenvalue weighted by Gasteiger charge is -2.48. The van der Waals surface area contributed by atoms with E-state index in [0.717, 1.165) is 25.2 Å². The predicted octanol–water partition coefficient (Wildman–Crippen LogP) is 3.24. The lowest BCUT2D eigenvalue weighted by molar-refractivity contribution is -0.0916. The summed E-state index contributed by atoms with van der Waals surface area (Å²) in [6, 6.07) is 5.64. The van der Waals surface area contributed by atoms with Crippen LogP contribution in [0, 0.1) is 28.1 Å². The van der Waals surface area contributed by atoms with Crippen LogP contribution in [0.2, 0.25) is 0 Å². The van der Waals surface area contributed by atoms with Crippen LogP contribution in [-0.2, 0) is 4.74 Å². The van der Waals surface area contributed by atoms with Crippen LogP contribution in [0.3, 0.4) is 0 Å². The summed E-state index contributed by atoms with van der Waals surface area (Å²) in [5.41, 5.74) is 6.71. The molecule has 1 aromatic rings. The van der Waals surface area contributed by atoms with Gasteiger partial charge in [0.15, 0.2) is 0 Å². The van der Waals surface area contributed by atoms with Gasteiger partial charge in [-0.05, 0) is 38.2 Å². The predicted molar refractivity (Wildman–Crippen MR) is 88.7 cm³/mol. The van der Waals surface area contributed by atoms with Crippen LogP contribution in [0.4, 0.5) is 5.82 Å². The van der Waals surface area contributed by atoms with Crippen molar-refractivity contribution in [1.82, 2.24) is 4.98 Å². The van der Waals surface area contributed by atoms with E-state index in [2.05, 4.69) is 11.1 Å². The monoisotopic (exact) mass is 328 g/mol. The van der Waals surface area contributed by atoms with Gasteiger partial charge in [0.2, 0.25) is 0 Å². The van der Waals surface area contributed by atoms with E-state index < -0.39 is 0 Å². The van der Waals surface area contributed by atoms with E-state index in [1.54, 1.807) is 11.8 Å². The Bertz CT molecular complexity index is 666. The van der Waals surface area contributed by atoms with Crippen LogP contribution in [0.1, 0.15) is 49.7 Å². The second kappa shape index (κ2) is 6.78. The topological polar surface area (TPSA) is 95.7 Å². The normalized spacial score (nSPS) is 22.6. The SMILES string of the molecule is N#Cc1cc(C#N)c(SCC2(C3CCCCO3)CCC2)nc1N. The molecule has 0 bridgehead atoms. The van der Waals surface area contributed by atoms with Gasteiger partial charge in [0.05, 0.1) is 17.2 Å². The summed E-state index contributed by atoms with van der Waals surface area (Å²) < 4.78 is 6.02. The summed E-state index contributed by atoms with van der Waals surface area (Å²) in [5, 5.41) is 18.9. The number of rotatable bonds is 4. The first kappa shape index (κ1) is 16.1. The van der Waals surface area contributed by atoms with Crippen LogP contribution in [0.25, 0.3) is 0 Å². The number of hydrogen-bond donors (Lipinski definition) is 1. The second-order valence-corrected chi connectivity index (χ2v) is 7.32. The highest BCUT2D eigenvalue weighted by Gasteiger charge is 2.45. The molecule has 1 aromatic heterocycles. The van der Waals surface area contributed by atoms with Crippen molar-refractivity contribution in [2.45, 2.75) is 49.7 Å². The highest BCUT2D eigenvalue weighted by atomic mass is 32.2. The summed E-state index contributed by atoms with van der Waals surface area (Å²) in [4.78, 5) is 4.28. The van der Waals surface area contributed by atoms with Gasteiger partial charge in [-0.15, -0.1) is 11.8 Å². The van der Waals surface area contributed by atoms with Gasteiger partial charge in [0, 0.05) is 17.8 Å². The molecule has 5 nitrogen and oxygen atoms in total. The van der Waals surface area contributed by atoms with E-state index in [0.29, 0.717) is 16.7 Å². The first-order valence-corrected chi connectivity index (χ1v) is 9.02. The quantitative estimate of drug-likeness (QED) is 0.852. The third kappa shape index (κ3) is 3.15. The Kier molecular flexibility index (Phi) is 4.75. The molecule has 6 heteroatoms. The van der Waals surface area contributed by atoms with E-state index in [1.165, 1.54) is 31.7 Å². The number of nitrogens with two attached hydrogens (primary N) is 1. The van der Waals surface area contributed by atoms with Gasteiger partial charge in [-0.2, -0.15) is 10.5 Å². The third-order valence-electron chi connectivity index (χ3n) is 4.97. The van der Waals surface area contributed by atoms with Gasteiger partial charge >= 0.3 is 0 Å². The number of anilines is 1. The Morgan fingerprint density at radius 1 is 1.26 bits per heavy atom. The Labute approximate surface area is 140 Å². The zero-order chi connectivity index (χ0) is 16.3. The Morgan fingerprint density at radius 3 is 2.61 bits per heavy atom. The second-order valence-electron chi connectivity index (χ2n) is 6.36. The summed E-state index contributed by atoms with van der Waals surface area (Å²) in [5.74, 6) is 1.09. The fourth-order valence-corrected chi connectivity index (χ4v) is 4.74. The molecule has 1 saturated carbocycles. The van der Waals surface area contributed by atoms with Gasteiger partial charge in [-0.3, -0.25) is 0 Å². The molecular formula is C17H20N4OS. The number of nitrogens with zero attached hydrogens (tertiary/aromatic N) is 3. The largest absolute Gasteiger partial charge is 0.383 e. The number of ether oxygens (including phenoxy) is 1. The van der Waals surface area contributed by atoms with Crippen molar-refractivity contribution < 1.29 is 4.74 Å². The number of nitrogen functional groups attached to an aromatic ring is 1. The van der Waals surface area contributed by atoms with Crippen LogP contribution in [-0.4, -0.2) is 23.4 Å². The van der Waals surface area contributed by atoms with Crippen molar-refractivity contribution in [3.8, 4) is 12.1 Å². The maximum absolute atomic E-state index is 9.30. The lowest BCUT2D eigenvalue weighted by Crippen LogP contribution is -2.46. The number of pyridine rings is 1. The first-order chi connectivity index (χ1) is 11.2. The van der Waals surface area contributed by atoms with E-state index in [1.807, 2.05) is 6.07 Å². The molecule has 1 saturated heterocycles. The summed E-state index contributed by atoms with van der Waals surface area (Å²) >= 11 is 1.58. The van der Waals surface area contributed by atoms with Crippen molar-refractivity contribution in [1.29, 1.82) is 10.5 Å². The molecule has 2 fully saturated rings. The smallest absolute Gasteiger partial charge is 0.142 e. The number of nitriles is 2. The van der Waals surface area contributed by atoms with Gasteiger partial charge in [0.1, 0.15) is 23.0 Å². The number of aromatic nitrogens is 1. The average molecular weight is 328 g/mol. The molecule has 23 heavy (non-hydrogen) atoms. The third-order valence-corrected chi connectivity index (χ3v) is 6.27. The Balaban J connectivity index is 1.76. The number of thioether (sulfide) groups is 1. The molecule has 1 unspecified atom stereocenters. The van der Waals surface area contributed by atoms with Crippen molar-refractivity contribution in [2.24, 2.45) is 5.41 Å². The van der Waals surface area contributed by atoms with Crippen LogP contribution >= 0.6 is 11.8 Å². The molecule has 1 atom stereocenters. The Morgan fingerprint density at radius 2 is 2.04 bits per heavy atom. The first-order valence-electron chi connectivity index (χ1n) is 8.04. The van der Waals surface area contributed by atoms with Crippen molar-refractivity contribution in [3.05, 3.63) is 17.2 Å². The van der Waals surface area contributed by atoms with Crippen LogP contribution < -0.4 is 5.73 Å². The zero-order valence-electron chi connectivity index (χ0n) is 13.0. The van der Waals surface area contributed by atoms with Crippen LogP contribution in [0.15, 0.2) is 11.1 Å². The highest BCUT2D eigenvalue weighted by Crippen LogP contribution is 2.50. The van der Waals surface area contributed by atoms with Gasteiger partial charge < -0.3 is 10.5 Å². The maximum Gasteiger partial charge on any atom is 0.142 e. The molecule has 0 spiro atoms. The molecule has 3 rings (SSSR count). The molecule has 0 amide bonds. The molecule has 1 aliphatic carbocycles. The van der Waals surface area contributed by atoms with Gasteiger partial charge in [-0.25, -0.2) is 4.98 Å². The molecule has 120 valence electrons. The van der Waals surface area contributed by atoms with E-state index in [4.69, 9.17) is 15.7 Å². The minimum Gasteiger partial charge on any atom is -0.383 e. The summed E-state index contributed by atoms with van der Waals surface area (Å²) in [6.45, 7) is 0.864. The van der Waals surface area contributed by atoms with Gasteiger partial charge in [0.25, 0.3) is 0 Å². The van der Waals surface area contributed by atoms with Crippen molar-refractivity contribution in [2.75, 3.05) is 18.1 Å². The standard InChI is InChI=1S/C17H20N4OS/c18-9-12-8-13(10-19)16(21-15(12)20)23-11-17(5-3-6-17)14-4-1-2-7-22-14/h8,14H,1-7,11H2,(H2,20,21). The highest BCUT2D eigenvalue weighted by molar-refractivity contribution is 7.99. The molecule has 0 aromatic carbocycles. The van der Waals surface area contributed by atoms with Crippen LogP contribution in [0.5, 0.6) is 0 Å². The van der Waals surface area contributed by atoms with Gasteiger partial charge in [-0.1, -0.05) is 6.42 Å². The number of hydrogen-bond acceptors (Lipinski definition) is 6. The van der Waals surface area contributed by atoms with Crippen molar-refractivity contribution in [3.63, 3.8) is 0 Å². The molecule has 2 N–H and O–H groups in total. The maximum atomic E-state index is 9.30. The van der Waals surface area contributed by atoms with E-state index in [-0.39, 0.29) is 16.8 Å². The molecule has 0 radical (unpaired) electrons. The minimum absolute atomic E-state index is 0.200. The van der Waals surface area contributed by atoms with E-state index in [9.17, 15) is 5.26 Å². The summed E-state index contributed by atoms with van der Waals surface area (Å²) in [6.07, 6.45) is 7.47. The fourth-order valence-electron chi connectivity index (χ4n) is 3.42. The molecule has 2 heterocycles. The average Bonchev–Trinajstić information content (AvgIpc) is 2.55.